The molecule has 0 saturated heterocycles. The molecule has 0 fully saturated rings. The van der Waals surface area contributed by atoms with Gasteiger partial charge in [0.25, 0.3) is 0 Å². The van der Waals surface area contributed by atoms with Crippen molar-refractivity contribution in [3.63, 3.8) is 0 Å². The van der Waals surface area contributed by atoms with E-state index in [2.05, 4.69) is 20.7 Å². The van der Waals surface area contributed by atoms with Crippen molar-refractivity contribution in [1.82, 2.24) is 4.72 Å². The molecule has 5 nitrogen and oxygen atoms in total. The maximum Gasteiger partial charge on any atom is 0.215 e. The lowest BCUT2D eigenvalue weighted by atomic mass is 10.2. The van der Waals surface area contributed by atoms with Gasteiger partial charge in [-0.2, -0.15) is 0 Å². The highest BCUT2D eigenvalue weighted by Gasteiger charge is 2.22. The van der Waals surface area contributed by atoms with Crippen LogP contribution in [0.2, 0.25) is 0 Å². The highest BCUT2D eigenvalue weighted by Crippen LogP contribution is 2.30. The van der Waals surface area contributed by atoms with Crippen LogP contribution in [0.5, 0.6) is 11.5 Å². The molecule has 1 N–H and O–H groups in total. The summed E-state index contributed by atoms with van der Waals surface area (Å²) in [5.41, 5.74) is 0.729. The minimum absolute atomic E-state index is 0.0650. The third-order valence-electron chi connectivity index (χ3n) is 3.37. The maximum atomic E-state index is 12.2. The van der Waals surface area contributed by atoms with Crippen LogP contribution in [-0.4, -0.2) is 27.7 Å². The van der Waals surface area contributed by atoms with E-state index in [1.807, 2.05) is 30.3 Å². The first-order valence-electron chi connectivity index (χ1n) is 7.12. The van der Waals surface area contributed by atoms with Gasteiger partial charge in [-0.05, 0) is 29.8 Å². The molecule has 122 valence electrons. The number of rotatable bonds is 5. The summed E-state index contributed by atoms with van der Waals surface area (Å²) in [4.78, 5) is 0. The van der Waals surface area contributed by atoms with Gasteiger partial charge in [-0.15, -0.1) is 0 Å². The number of hydrogen-bond acceptors (Lipinski definition) is 4. The molecule has 7 heteroatoms. The van der Waals surface area contributed by atoms with Crippen molar-refractivity contribution in [2.45, 2.75) is 11.9 Å². The predicted octanol–water partition coefficient (Wildman–Crippen LogP) is 2.71. The zero-order valence-corrected chi connectivity index (χ0v) is 14.6. The van der Waals surface area contributed by atoms with E-state index in [4.69, 9.17) is 9.47 Å². The Hall–Kier alpha value is -1.57. The maximum absolute atomic E-state index is 12.2. The lowest BCUT2D eigenvalue weighted by Crippen LogP contribution is -2.41. The first-order chi connectivity index (χ1) is 11.0. The van der Waals surface area contributed by atoms with E-state index in [0.717, 1.165) is 10.0 Å². The summed E-state index contributed by atoms with van der Waals surface area (Å²) in [6.07, 6.45) is -0.343. The van der Waals surface area contributed by atoms with Gasteiger partial charge >= 0.3 is 0 Å². The van der Waals surface area contributed by atoms with Crippen molar-refractivity contribution in [2.24, 2.45) is 0 Å². The summed E-state index contributed by atoms with van der Waals surface area (Å²) in [5.74, 6) is 1.25. The molecule has 0 bridgehead atoms. The largest absolute Gasteiger partial charge is 0.486 e. The molecule has 0 unspecified atom stereocenters. The normalized spacial score (nSPS) is 17.0. The van der Waals surface area contributed by atoms with Gasteiger partial charge in [0.1, 0.15) is 12.7 Å². The van der Waals surface area contributed by atoms with Gasteiger partial charge in [0.05, 0.1) is 12.3 Å². The van der Waals surface area contributed by atoms with Crippen molar-refractivity contribution in [3.8, 4) is 11.5 Å². The van der Waals surface area contributed by atoms with Crippen LogP contribution in [0.4, 0.5) is 0 Å². The van der Waals surface area contributed by atoms with Crippen LogP contribution in [0.1, 0.15) is 5.56 Å². The molecule has 0 saturated carbocycles. The number of benzene rings is 2. The summed E-state index contributed by atoms with van der Waals surface area (Å²) in [6.45, 7) is 0.491. The molecule has 1 aliphatic heterocycles. The van der Waals surface area contributed by atoms with Crippen molar-refractivity contribution >= 4 is 26.0 Å². The quantitative estimate of drug-likeness (QED) is 0.842. The minimum Gasteiger partial charge on any atom is -0.486 e. The summed E-state index contributed by atoms with van der Waals surface area (Å²) in [7, 11) is -3.43. The van der Waals surface area contributed by atoms with Gasteiger partial charge < -0.3 is 9.47 Å². The standard InChI is InChI=1S/C16H16BrNO4S/c17-13-7-5-12(6-8-13)11-23(19,20)18-9-14-10-21-15-3-1-2-4-16(15)22-14/h1-8,14,18H,9-11H2/t14-/m0/s1. The fourth-order valence-corrected chi connectivity index (χ4v) is 3.67. The summed E-state index contributed by atoms with van der Waals surface area (Å²) < 4.78 is 39.1. The molecule has 0 aliphatic carbocycles. The Labute approximate surface area is 143 Å². The average molecular weight is 398 g/mol. The Morgan fingerprint density at radius 2 is 1.78 bits per heavy atom. The zero-order valence-electron chi connectivity index (χ0n) is 12.2. The fraction of sp³-hybridized carbons (Fsp3) is 0.250. The van der Waals surface area contributed by atoms with Crippen LogP contribution >= 0.6 is 15.9 Å². The van der Waals surface area contributed by atoms with E-state index >= 15 is 0 Å². The number of fused-ring (bicyclic) bond motifs is 1. The van der Waals surface area contributed by atoms with Crippen LogP contribution in [0.3, 0.4) is 0 Å². The number of hydrogen-bond donors (Lipinski definition) is 1. The monoisotopic (exact) mass is 397 g/mol. The first-order valence-corrected chi connectivity index (χ1v) is 9.57. The third-order valence-corrected chi connectivity index (χ3v) is 5.22. The van der Waals surface area contributed by atoms with Crippen LogP contribution in [0.25, 0.3) is 0 Å². The topological polar surface area (TPSA) is 64.6 Å². The van der Waals surface area contributed by atoms with Crippen molar-refractivity contribution in [3.05, 3.63) is 58.6 Å². The van der Waals surface area contributed by atoms with Gasteiger partial charge in [0.2, 0.25) is 10.0 Å². The summed E-state index contributed by atoms with van der Waals surface area (Å²) in [5, 5.41) is 0. The van der Waals surface area contributed by atoms with E-state index in [1.165, 1.54) is 0 Å². The third kappa shape index (κ3) is 4.46. The number of para-hydroxylation sites is 2. The molecule has 1 heterocycles. The first kappa shape index (κ1) is 16.3. The van der Waals surface area contributed by atoms with Crippen LogP contribution in [-0.2, 0) is 15.8 Å². The zero-order chi connectivity index (χ0) is 16.3. The van der Waals surface area contributed by atoms with E-state index in [-0.39, 0.29) is 18.4 Å². The lowest BCUT2D eigenvalue weighted by Gasteiger charge is -2.26. The van der Waals surface area contributed by atoms with Gasteiger partial charge in [0.15, 0.2) is 11.5 Å². The molecule has 0 spiro atoms. The van der Waals surface area contributed by atoms with Gasteiger partial charge in [-0.25, -0.2) is 13.1 Å². The van der Waals surface area contributed by atoms with E-state index < -0.39 is 10.0 Å². The Balaban J connectivity index is 1.56. The van der Waals surface area contributed by atoms with E-state index in [0.29, 0.717) is 18.1 Å². The molecular formula is C16H16BrNO4S. The second-order valence-electron chi connectivity index (χ2n) is 5.23. The Morgan fingerprint density at radius 3 is 2.52 bits per heavy atom. The van der Waals surface area contributed by atoms with Gasteiger partial charge in [-0.1, -0.05) is 40.2 Å². The number of nitrogens with one attached hydrogen (secondary N) is 1. The molecule has 2 aromatic rings. The van der Waals surface area contributed by atoms with Gasteiger partial charge in [0, 0.05) is 4.47 Å². The van der Waals surface area contributed by atoms with E-state index in [9.17, 15) is 8.42 Å². The molecule has 2 aromatic carbocycles. The number of sulfonamides is 1. The average Bonchev–Trinajstić information content (AvgIpc) is 2.55. The number of ether oxygens (including phenoxy) is 2. The van der Waals surface area contributed by atoms with Crippen LogP contribution < -0.4 is 14.2 Å². The summed E-state index contributed by atoms with van der Waals surface area (Å²) in [6, 6.07) is 14.5. The molecule has 1 atom stereocenters. The molecule has 1 aliphatic rings. The smallest absolute Gasteiger partial charge is 0.215 e. The van der Waals surface area contributed by atoms with Crippen molar-refractivity contribution in [2.75, 3.05) is 13.2 Å². The Kier molecular flexibility index (Phi) is 4.89. The highest BCUT2D eigenvalue weighted by atomic mass is 79.9. The van der Waals surface area contributed by atoms with Crippen LogP contribution in [0.15, 0.2) is 53.0 Å². The summed E-state index contributed by atoms with van der Waals surface area (Å²) >= 11 is 3.33. The second kappa shape index (κ2) is 6.90. The molecule has 0 amide bonds. The minimum atomic E-state index is -3.43. The Bertz CT molecular complexity index is 777. The highest BCUT2D eigenvalue weighted by molar-refractivity contribution is 9.10. The van der Waals surface area contributed by atoms with E-state index in [1.54, 1.807) is 18.2 Å². The predicted molar refractivity (Wildman–Crippen MR) is 91.1 cm³/mol. The molecular weight excluding hydrogens is 382 g/mol. The molecule has 23 heavy (non-hydrogen) atoms. The SMILES string of the molecule is O=S(=O)(Cc1ccc(Br)cc1)NC[C@H]1COc2ccccc2O1. The molecule has 3 rings (SSSR count). The fourth-order valence-electron chi connectivity index (χ4n) is 2.23. The second-order valence-corrected chi connectivity index (χ2v) is 7.95. The molecule has 0 aromatic heterocycles. The van der Waals surface area contributed by atoms with Gasteiger partial charge in [-0.3, -0.25) is 0 Å². The lowest BCUT2D eigenvalue weighted by molar-refractivity contribution is 0.0943. The Morgan fingerprint density at radius 1 is 1.09 bits per heavy atom. The van der Waals surface area contributed by atoms with Crippen molar-refractivity contribution < 1.29 is 17.9 Å². The molecule has 0 radical (unpaired) electrons. The van der Waals surface area contributed by atoms with Crippen molar-refractivity contribution in [1.29, 1.82) is 0 Å². The van der Waals surface area contributed by atoms with Crippen LogP contribution in [0, 0.1) is 0 Å². The number of halogens is 1.